The lowest BCUT2D eigenvalue weighted by Crippen LogP contribution is -2.26. The molecular weight excluding hydrogens is 320 g/mol. The third kappa shape index (κ3) is 3.89. The Labute approximate surface area is 149 Å². The fourth-order valence-corrected chi connectivity index (χ4v) is 3.70. The Balaban J connectivity index is 1.87. The minimum Gasteiger partial charge on any atom is -0.450 e. The Bertz CT molecular complexity index is 646. The summed E-state index contributed by atoms with van der Waals surface area (Å²) >= 11 is 0. The van der Waals surface area contributed by atoms with Crippen molar-refractivity contribution in [3.8, 4) is 0 Å². The molecule has 0 bridgehead atoms. The van der Waals surface area contributed by atoms with Crippen LogP contribution in [0, 0.1) is 0 Å². The summed E-state index contributed by atoms with van der Waals surface area (Å²) in [4.78, 5) is 16.8. The van der Waals surface area contributed by atoms with E-state index >= 15 is 0 Å². The third-order valence-corrected chi connectivity index (χ3v) is 5.73. The molecule has 3 aliphatic rings. The van der Waals surface area contributed by atoms with Gasteiger partial charge in [-0.1, -0.05) is 17.7 Å². The summed E-state index contributed by atoms with van der Waals surface area (Å²) in [6, 6.07) is 0. The molecule has 1 saturated heterocycles. The smallest absolute Gasteiger partial charge is 0.334 e. The maximum Gasteiger partial charge on any atom is 0.334 e. The van der Waals surface area contributed by atoms with Crippen LogP contribution in [0.4, 0.5) is 0 Å². The number of carbonyl (C=O) groups is 1. The highest BCUT2D eigenvalue weighted by Crippen LogP contribution is 2.43. The predicted molar refractivity (Wildman–Crippen MR) is 94.0 cm³/mol. The van der Waals surface area contributed by atoms with Crippen molar-refractivity contribution in [2.75, 3.05) is 0 Å². The van der Waals surface area contributed by atoms with Gasteiger partial charge in [0.1, 0.15) is 11.7 Å². The maximum absolute atomic E-state index is 12.0. The number of rotatable bonds is 1. The molecule has 0 saturated carbocycles. The summed E-state index contributed by atoms with van der Waals surface area (Å²) in [6.45, 7) is 7.84. The van der Waals surface area contributed by atoms with Crippen molar-refractivity contribution in [2.45, 2.75) is 83.2 Å². The Morgan fingerprint density at radius 1 is 1.28 bits per heavy atom. The first-order valence-electron chi connectivity index (χ1n) is 9.02. The highest BCUT2D eigenvalue weighted by molar-refractivity contribution is 5.92. The summed E-state index contributed by atoms with van der Waals surface area (Å²) < 4.78 is 11.4. The molecule has 5 nitrogen and oxygen atoms in total. The van der Waals surface area contributed by atoms with Gasteiger partial charge in [0.25, 0.3) is 0 Å². The molecule has 5 heteroatoms. The second kappa shape index (κ2) is 6.71. The van der Waals surface area contributed by atoms with Crippen LogP contribution in [0.25, 0.3) is 0 Å². The zero-order valence-electron chi connectivity index (χ0n) is 15.5. The van der Waals surface area contributed by atoms with Gasteiger partial charge in [-0.05, 0) is 71.4 Å². The standard InChI is InChI=1S/C20H28O5/c1-13-6-7-17-20(4,24-17)10-5-9-19(3,25-22)11-8-15-14(2)18(21)23-16(15)12-13/h5,9,12,16-17,22H,6-8,10-11H2,1-4H3/b9-5+,13-12+/t16-,17-,19-,20-/m1/s1. The first-order valence-corrected chi connectivity index (χ1v) is 9.02. The predicted octanol–water partition coefficient (Wildman–Crippen LogP) is 4.10. The van der Waals surface area contributed by atoms with Crippen molar-refractivity contribution in [2.24, 2.45) is 0 Å². The van der Waals surface area contributed by atoms with Crippen LogP contribution in [-0.4, -0.2) is 34.6 Å². The van der Waals surface area contributed by atoms with E-state index in [0.717, 1.165) is 24.8 Å². The summed E-state index contributed by atoms with van der Waals surface area (Å²) in [5.41, 5.74) is 1.93. The number of epoxide rings is 1. The monoisotopic (exact) mass is 348 g/mol. The summed E-state index contributed by atoms with van der Waals surface area (Å²) in [5.74, 6) is -0.256. The van der Waals surface area contributed by atoms with E-state index in [-0.39, 0.29) is 23.8 Å². The molecule has 0 aromatic rings. The zero-order valence-corrected chi connectivity index (χ0v) is 15.5. The van der Waals surface area contributed by atoms with Crippen LogP contribution in [-0.2, 0) is 19.2 Å². The molecule has 0 aromatic heterocycles. The first-order chi connectivity index (χ1) is 11.8. The molecule has 3 rings (SSSR count). The van der Waals surface area contributed by atoms with Crippen molar-refractivity contribution in [3.05, 3.63) is 34.9 Å². The SMILES string of the molecule is CC1=C2CC[C@](C)(OO)/C=C/C[C@@]3(C)O[C@@H]3CC/C(C)=C/[C@H]2OC1=O. The second-order valence-corrected chi connectivity index (χ2v) is 7.96. The van der Waals surface area contributed by atoms with Gasteiger partial charge in [-0.2, -0.15) is 0 Å². The molecule has 0 amide bonds. The lowest BCUT2D eigenvalue weighted by atomic mass is 9.90. The average Bonchev–Trinajstić information content (AvgIpc) is 3.13. The van der Waals surface area contributed by atoms with E-state index in [9.17, 15) is 10.1 Å². The quantitative estimate of drug-likeness (QED) is 0.254. The normalized spacial score (nSPS) is 42.6. The molecule has 0 radical (unpaired) electrons. The topological polar surface area (TPSA) is 68.3 Å². The minimum absolute atomic E-state index is 0.126. The Morgan fingerprint density at radius 2 is 2.04 bits per heavy atom. The number of hydrogen-bond donors (Lipinski definition) is 1. The molecule has 0 unspecified atom stereocenters. The fraction of sp³-hybridized carbons (Fsp3) is 0.650. The largest absolute Gasteiger partial charge is 0.450 e. The molecule has 0 aromatic carbocycles. The van der Waals surface area contributed by atoms with Gasteiger partial charge in [-0.3, -0.25) is 5.26 Å². The van der Waals surface area contributed by atoms with Crippen molar-refractivity contribution in [1.29, 1.82) is 0 Å². The molecule has 2 aliphatic heterocycles. The summed E-state index contributed by atoms with van der Waals surface area (Å²) in [7, 11) is 0. The van der Waals surface area contributed by atoms with Crippen LogP contribution in [0.5, 0.6) is 0 Å². The number of ether oxygens (including phenoxy) is 2. The maximum atomic E-state index is 12.0. The van der Waals surface area contributed by atoms with Crippen molar-refractivity contribution >= 4 is 5.97 Å². The number of fused-ring (bicyclic) bond motifs is 2. The van der Waals surface area contributed by atoms with E-state index in [4.69, 9.17) is 14.4 Å². The lowest BCUT2D eigenvalue weighted by molar-refractivity contribution is -0.303. The van der Waals surface area contributed by atoms with Crippen LogP contribution in [0.15, 0.2) is 34.9 Å². The Hall–Kier alpha value is -1.43. The number of carbonyl (C=O) groups excluding carboxylic acids is 1. The van der Waals surface area contributed by atoms with Crippen LogP contribution in [0.2, 0.25) is 0 Å². The highest BCUT2D eigenvalue weighted by Gasteiger charge is 2.50. The fourth-order valence-electron chi connectivity index (χ4n) is 3.70. The molecule has 138 valence electrons. The van der Waals surface area contributed by atoms with Gasteiger partial charge >= 0.3 is 5.97 Å². The second-order valence-electron chi connectivity index (χ2n) is 7.96. The first kappa shape index (κ1) is 18.4. The molecule has 1 aliphatic carbocycles. The minimum atomic E-state index is -0.799. The molecule has 1 fully saturated rings. The van der Waals surface area contributed by atoms with Crippen LogP contribution >= 0.6 is 0 Å². The molecular formula is C20H28O5. The van der Waals surface area contributed by atoms with Gasteiger partial charge in [-0.25, -0.2) is 9.68 Å². The number of esters is 1. The van der Waals surface area contributed by atoms with Crippen LogP contribution in [0.1, 0.15) is 59.8 Å². The van der Waals surface area contributed by atoms with E-state index in [2.05, 4.69) is 13.8 Å². The van der Waals surface area contributed by atoms with Crippen LogP contribution in [0.3, 0.4) is 0 Å². The van der Waals surface area contributed by atoms with E-state index in [1.165, 1.54) is 5.57 Å². The number of allylic oxidation sites excluding steroid dienone is 1. The summed E-state index contributed by atoms with van der Waals surface area (Å²) in [6.07, 6.45) is 9.78. The van der Waals surface area contributed by atoms with Crippen molar-refractivity contribution in [1.82, 2.24) is 0 Å². The van der Waals surface area contributed by atoms with E-state index in [0.29, 0.717) is 18.4 Å². The molecule has 1 N–H and O–H groups in total. The molecule has 4 atom stereocenters. The molecule has 0 spiro atoms. The van der Waals surface area contributed by atoms with Gasteiger partial charge in [0.15, 0.2) is 0 Å². The van der Waals surface area contributed by atoms with Gasteiger partial charge in [-0.15, -0.1) is 0 Å². The lowest BCUT2D eigenvalue weighted by Gasteiger charge is -2.23. The number of hydrogen-bond acceptors (Lipinski definition) is 5. The van der Waals surface area contributed by atoms with Crippen molar-refractivity contribution in [3.63, 3.8) is 0 Å². The summed E-state index contributed by atoms with van der Waals surface area (Å²) in [5, 5.41) is 9.39. The van der Waals surface area contributed by atoms with Crippen molar-refractivity contribution < 1.29 is 24.4 Å². The third-order valence-electron chi connectivity index (χ3n) is 5.73. The highest BCUT2D eigenvalue weighted by atomic mass is 17.1. The Morgan fingerprint density at radius 3 is 2.76 bits per heavy atom. The Kier molecular flexibility index (Phi) is 4.93. The van der Waals surface area contributed by atoms with Crippen LogP contribution < -0.4 is 0 Å². The van der Waals surface area contributed by atoms with Gasteiger partial charge < -0.3 is 9.47 Å². The van der Waals surface area contributed by atoms with Gasteiger partial charge in [0.05, 0.1) is 11.7 Å². The van der Waals surface area contributed by atoms with E-state index < -0.39 is 5.60 Å². The average molecular weight is 348 g/mol. The van der Waals surface area contributed by atoms with Gasteiger partial charge in [0.2, 0.25) is 0 Å². The molecule has 25 heavy (non-hydrogen) atoms. The van der Waals surface area contributed by atoms with E-state index in [1.54, 1.807) is 6.92 Å². The van der Waals surface area contributed by atoms with E-state index in [1.807, 2.05) is 25.2 Å². The zero-order chi connectivity index (χ0) is 18.2. The molecule has 2 heterocycles. The van der Waals surface area contributed by atoms with Gasteiger partial charge in [0, 0.05) is 5.57 Å².